The van der Waals surface area contributed by atoms with Gasteiger partial charge in [0.2, 0.25) is 5.91 Å². The van der Waals surface area contributed by atoms with Crippen LogP contribution >= 0.6 is 11.6 Å². The van der Waals surface area contributed by atoms with Crippen molar-refractivity contribution in [3.63, 3.8) is 0 Å². The van der Waals surface area contributed by atoms with E-state index in [1.807, 2.05) is 6.07 Å². The number of nitrogens with two attached hydrogens (primary N) is 1. The van der Waals surface area contributed by atoms with E-state index in [1.54, 1.807) is 19.1 Å². The minimum atomic E-state index is -0.591. The molecule has 0 bridgehead atoms. The Labute approximate surface area is 92.6 Å². The van der Waals surface area contributed by atoms with Crippen LogP contribution in [0.2, 0.25) is 5.02 Å². The molecule has 0 aromatic heterocycles. The van der Waals surface area contributed by atoms with Gasteiger partial charge in [-0.3, -0.25) is 4.79 Å². The van der Waals surface area contributed by atoms with Crippen molar-refractivity contribution in [2.45, 2.75) is 13.0 Å². The number of nitrogens with zero attached hydrogens (tertiary/aromatic N) is 1. The predicted octanol–water partition coefficient (Wildman–Crippen LogP) is 1.50. The second-order valence-electron chi connectivity index (χ2n) is 3.08. The fourth-order valence-electron chi connectivity index (χ4n) is 0.945. The molecule has 1 amide bonds. The van der Waals surface area contributed by atoms with Crippen molar-refractivity contribution in [2.24, 2.45) is 5.73 Å². The monoisotopic (exact) mass is 223 g/mol. The zero-order valence-corrected chi connectivity index (χ0v) is 8.88. The van der Waals surface area contributed by atoms with Gasteiger partial charge in [-0.15, -0.1) is 0 Å². The number of carbonyl (C=O) groups is 1. The van der Waals surface area contributed by atoms with Crippen LogP contribution in [0.1, 0.15) is 12.5 Å². The molecule has 1 aromatic rings. The van der Waals surface area contributed by atoms with E-state index in [1.165, 1.54) is 6.07 Å². The molecular formula is C10H10ClN3O. The first kappa shape index (κ1) is 11.5. The lowest BCUT2D eigenvalue weighted by molar-refractivity contribution is -0.117. The molecule has 0 aliphatic heterocycles. The van der Waals surface area contributed by atoms with Gasteiger partial charge in [-0.1, -0.05) is 11.6 Å². The lowest BCUT2D eigenvalue weighted by Gasteiger charge is -2.08. The zero-order valence-electron chi connectivity index (χ0n) is 8.12. The molecule has 5 heteroatoms. The minimum Gasteiger partial charge on any atom is -0.325 e. The van der Waals surface area contributed by atoms with Crippen LogP contribution in [0.25, 0.3) is 0 Å². The van der Waals surface area contributed by atoms with Gasteiger partial charge < -0.3 is 11.1 Å². The smallest absolute Gasteiger partial charge is 0.240 e. The number of anilines is 1. The molecule has 15 heavy (non-hydrogen) atoms. The average molecular weight is 224 g/mol. The van der Waals surface area contributed by atoms with Crippen molar-refractivity contribution in [1.29, 1.82) is 5.26 Å². The highest BCUT2D eigenvalue weighted by molar-refractivity contribution is 6.31. The van der Waals surface area contributed by atoms with E-state index >= 15 is 0 Å². The number of halogens is 1. The fourth-order valence-corrected chi connectivity index (χ4v) is 1.10. The topological polar surface area (TPSA) is 78.9 Å². The second kappa shape index (κ2) is 4.78. The molecule has 0 saturated heterocycles. The lowest BCUT2D eigenvalue weighted by atomic mass is 10.2. The van der Waals surface area contributed by atoms with Gasteiger partial charge in [-0.25, -0.2) is 0 Å². The van der Waals surface area contributed by atoms with Gasteiger partial charge in [0.1, 0.15) is 6.07 Å². The Kier molecular flexibility index (Phi) is 3.67. The molecule has 0 spiro atoms. The standard InChI is InChI=1S/C10H10ClN3O/c1-6(13)10(15)14-8-2-3-9(11)7(4-8)5-12/h2-4,6H,13H2,1H3,(H,14,15)/t6-/m1/s1. The Bertz CT molecular complexity index is 423. The van der Waals surface area contributed by atoms with Gasteiger partial charge in [0.25, 0.3) is 0 Å². The Balaban J connectivity index is 2.89. The summed E-state index contributed by atoms with van der Waals surface area (Å²) in [5.74, 6) is -0.304. The Morgan fingerprint density at radius 2 is 2.33 bits per heavy atom. The van der Waals surface area contributed by atoms with Crippen LogP contribution in [0, 0.1) is 11.3 Å². The van der Waals surface area contributed by atoms with Crippen LogP contribution in [0.5, 0.6) is 0 Å². The zero-order chi connectivity index (χ0) is 11.4. The maximum absolute atomic E-state index is 11.2. The molecule has 0 aliphatic carbocycles. The summed E-state index contributed by atoms with van der Waals surface area (Å²) in [6.45, 7) is 1.58. The highest BCUT2D eigenvalue weighted by Gasteiger charge is 2.08. The van der Waals surface area contributed by atoms with Crippen molar-refractivity contribution in [1.82, 2.24) is 0 Å². The molecule has 78 valence electrons. The van der Waals surface area contributed by atoms with E-state index in [9.17, 15) is 4.79 Å². The third kappa shape index (κ3) is 2.94. The second-order valence-corrected chi connectivity index (χ2v) is 3.49. The fraction of sp³-hybridized carbons (Fsp3) is 0.200. The number of nitriles is 1. The molecule has 0 fully saturated rings. The van der Waals surface area contributed by atoms with Crippen molar-refractivity contribution < 1.29 is 4.79 Å². The number of rotatable bonds is 2. The Morgan fingerprint density at radius 1 is 1.67 bits per heavy atom. The van der Waals surface area contributed by atoms with Gasteiger partial charge in [0.15, 0.2) is 0 Å². The molecule has 3 N–H and O–H groups in total. The van der Waals surface area contributed by atoms with Crippen molar-refractivity contribution in [3.8, 4) is 6.07 Å². The van der Waals surface area contributed by atoms with Gasteiger partial charge in [-0.2, -0.15) is 5.26 Å². The molecule has 0 radical (unpaired) electrons. The van der Waals surface area contributed by atoms with Gasteiger partial charge in [0.05, 0.1) is 16.6 Å². The number of hydrogen-bond donors (Lipinski definition) is 2. The van der Waals surface area contributed by atoms with Crippen LogP contribution in [0.3, 0.4) is 0 Å². The maximum atomic E-state index is 11.2. The molecule has 0 saturated carbocycles. The summed E-state index contributed by atoms with van der Waals surface area (Å²) < 4.78 is 0. The average Bonchev–Trinajstić information content (AvgIpc) is 2.20. The molecule has 1 aromatic carbocycles. The number of benzene rings is 1. The van der Waals surface area contributed by atoms with Gasteiger partial charge in [-0.05, 0) is 25.1 Å². The minimum absolute atomic E-state index is 0.304. The summed E-state index contributed by atoms with van der Waals surface area (Å²) in [5.41, 5.74) is 6.21. The Morgan fingerprint density at radius 3 is 2.87 bits per heavy atom. The third-order valence-electron chi connectivity index (χ3n) is 1.77. The molecule has 0 aliphatic rings. The van der Waals surface area contributed by atoms with E-state index in [-0.39, 0.29) is 5.91 Å². The summed E-state index contributed by atoms with van der Waals surface area (Å²) in [5, 5.41) is 11.6. The number of nitrogens with one attached hydrogen (secondary N) is 1. The van der Waals surface area contributed by atoms with Crippen LogP contribution in [-0.4, -0.2) is 11.9 Å². The van der Waals surface area contributed by atoms with E-state index in [4.69, 9.17) is 22.6 Å². The van der Waals surface area contributed by atoms with E-state index in [0.29, 0.717) is 16.3 Å². The third-order valence-corrected chi connectivity index (χ3v) is 2.10. The van der Waals surface area contributed by atoms with Crippen LogP contribution < -0.4 is 11.1 Å². The summed E-state index contributed by atoms with van der Waals surface area (Å²) in [4.78, 5) is 11.2. The summed E-state index contributed by atoms with van der Waals surface area (Å²) >= 11 is 5.74. The first-order chi connectivity index (χ1) is 7.04. The highest BCUT2D eigenvalue weighted by Crippen LogP contribution is 2.19. The summed E-state index contributed by atoms with van der Waals surface area (Å²) in [6, 6.07) is 6.00. The van der Waals surface area contributed by atoms with E-state index < -0.39 is 6.04 Å². The molecule has 0 unspecified atom stereocenters. The first-order valence-electron chi connectivity index (χ1n) is 4.30. The highest BCUT2D eigenvalue weighted by atomic mass is 35.5. The Hall–Kier alpha value is -1.57. The van der Waals surface area contributed by atoms with Crippen molar-refractivity contribution in [3.05, 3.63) is 28.8 Å². The number of amides is 1. The van der Waals surface area contributed by atoms with Crippen LogP contribution in [0.15, 0.2) is 18.2 Å². The van der Waals surface area contributed by atoms with Crippen LogP contribution in [-0.2, 0) is 4.79 Å². The first-order valence-corrected chi connectivity index (χ1v) is 4.68. The SMILES string of the molecule is C[C@@H](N)C(=O)Nc1ccc(Cl)c(C#N)c1. The molecule has 1 rings (SSSR count). The molecule has 0 heterocycles. The molecule has 1 atom stereocenters. The van der Waals surface area contributed by atoms with Gasteiger partial charge >= 0.3 is 0 Å². The number of hydrogen-bond acceptors (Lipinski definition) is 3. The van der Waals surface area contributed by atoms with Crippen molar-refractivity contribution >= 4 is 23.2 Å². The molecule has 4 nitrogen and oxygen atoms in total. The van der Waals surface area contributed by atoms with Crippen molar-refractivity contribution in [2.75, 3.05) is 5.32 Å². The predicted molar refractivity (Wildman–Crippen MR) is 58.4 cm³/mol. The lowest BCUT2D eigenvalue weighted by Crippen LogP contribution is -2.32. The summed E-state index contributed by atoms with van der Waals surface area (Å²) in [7, 11) is 0. The number of carbonyl (C=O) groups excluding carboxylic acids is 1. The van der Waals surface area contributed by atoms with Crippen LogP contribution in [0.4, 0.5) is 5.69 Å². The normalized spacial score (nSPS) is 11.6. The molecular weight excluding hydrogens is 214 g/mol. The van der Waals surface area contributed by atoms with Gasteiger partial charge in [0, 0.05) is 5.69 Å². The largest absolute Gasteiger partial charge is 0.325 e. The quantitative estimate of drug-likeness (QED) is 0.798. The summed E-state index contributed by atoms with van der Waals surface area (Å²) in [6.07, 6.45) is 0. The van der Waals surface area contributed by atoms with E-state index in [2.05, 4.69) is 5.32 Å². The maximum Gasteiger partial charge on any atom is 0.240 e. The van der Waals surface area contributed by atoms with E-state index in [0.717, 1.165) is 0 Å².